The fraction of sp³-hybridized carbons (Fsp3) is 0.0714. The first-order valence-electron chi connectivity index (χ1n) is 11.0. The van der Waals surface area contributed by atoms with Crippen LogP contribution in [0, 0.1) is 6.57 Å². The van der Waals surface area contributed by atoms with E-state index in [2.05, 4.69) is 4.85 Å². The molecule has 0 atom stereocenters. The van der Waals surface area contributed by atoms with Gasteiger partial charge in [-0.2, -0.15) is 11.3 Å². The van der Waals surface area contributed by atoms with Gasteiger partial charge in [0.15, 0.2) is 0 Å². The first-order valence-corrected chi connectivity index (χ1v) is 13.3. The molecule has 6 nitrogen and oxygen atoms in total. The Balaban J connectivity index is 1.81. The third-order valence-electron chi connectivity index (χ3n) is 5.93. The molecule has 2 heterocycles. The van der Waals surface area contributed by atoms with E-state index in [-0.39, 0.29) is 11.3 Å². The maximum Gasteiger partial charge on any atom is 0.309 e. The summed E-state index contributed by atoms with van der Waals surface area (Å²) in [7, 11) is -2.75. The van der Waals surface area contributed by atoms with E-state index in [0.717, 1.165) is 10.9 Å². The Labute approximate surface area is 212 Å². The number of para-hydroxylation sites is 1. The minimum Gasteiger partial charge on any atom is -0.469 e. The predicted molar refractivity (Wildman–Crippen MR) is 142 cm³/mol. The number of hydrogen-bond acceptors (Lipinski definition) is 5. The van der Waals surface area contributed by atoms with Gasteiger partial charge in [0, 0.05) is 16.5 Å². The SMILES string of the molecule is [C-]#[N+]c1sccc1-c1c(-c2ccccc2)n(S(=O)(=O)c2ccc(CC(=O)OC)cc2)c2ccccc12. The second-order valence-electron chi connectivity index (χ2n) is 8.02. The van der Waals surface area contributed by atoms with Gasteiger partial charge in [0.1, 0.15) is 0 Å². The van der Waals surface area contributed by atoms with Crippen LogP contribution in [0.1, 0.15) is 5.56 Å². The highest BCUT2D eigenvalue weighted by Crippen LogP contribution is 2.47. The Morgan fingerprint density at radius 3 is 2.36 bits per heavy atom. The molecule has 0 aliphatic rings. The number of aromatic nitrogens is 1. The predicted octanol–water partition coefficient (Wildman–Crippen LogP) is 6.54. The van der Waals surface area contributed by atoms with Gasteiger partial charge in [-0.15, -0.1) is 0 Å². The average Bonchev–Trinajstić information content (AvgIpc) is 3.51. The molecule has 36 heavy (non-hydrogen) atoms. The number of benzene rings is 3. The first kappa shape index (κ1) is 23.5. The molecule has 178 valence electrons. The van der Waals surface area contributed by atoms with E-state index in [1.54, 1.807) is 24.3 Å². The highest BCUT2D eigenvalue weighted by molar-refractivity contribution is 7.90. The summed E-state index contributed by atoms with van der Waals surface area (Å²) in [6, 6.07) is 24.8. The highest BCUT2D eigenvalue weighted by atomic mass is 32.2. The van der Waals surface area contributed by atoms with Gasteiger partial charge in [-0.05, 0) is 34.7 Å². The van der Waals surface area contributed by atoms with Crippen molar-refractivity contribution in [1.29, 1.82) is 0 Å². The number of ether oxygens (including phenoxy) is 1. The number of thiophene rings is 1. The van der Waals surface area contributed by atoms with Crippen molar-refractivity contribution in [2.24, 2.45) is 0 Å². The molecular weight excluding hydrogens is 492 g/mol. The third-order valence-corrected chi connectivity index (χ3v) is 8.47. The van der Waals surface area contributed by atoms with E-state index in [0.29, 0.717) is 32.9 Å². The number of carbonyl (C=O) groups is 1. The second kappa shape index (κ2) is 9.46. The number of fused-ring (bicyclic) bond motifs is 1. The quantitative estimate of drug-likeness (QED) is 0.191. The molecule has 0 saturated heterocycles. The summed E-state index contributed by atoms with van der Waals surface area (Å²) in [5.74, 6) is -0.399. The Hall–Kier alpha value is -4.19. The van der Waals surface area contributed by atoms with Crippen molar-refractivity contribution < 1.29 is 17.9 Å². The van der Waals surface area contributed by atoms with Crippen LogP contribution in [0.2, 0.25) is 0 Å². The fourth-order valence-corrected chi connectivity index (χ4v) is 6.52. The molecule has 0 aliphatic heterocycles. The van der Waals surface area contributed by atoms with Crippen LogP contribution in [-0.4, -0.2) is 25.5 Å². The molecule has 0 saturated carbocycles. The summed E-state index contributed by atoms with van der Waals surface area (Å²) in [6.07, 6.45) is 0.0558. The number of methoxy groups -OCH3 is 1. The van der Waals surface area contributed by atoms with Crippen molar-refractivity contribution in [3.8, 4) is 22.4 Å². The zero-order valence-corrected chi connectivity index (χ0v) is 20.8. The zero-order valence-electron chi connectivity index (χ0n) is 19.2. The van der Waals surface area contributed by atoms with Crippen molar-refractivity contribution in [1.82, 2.24) is 3.97 Å². The molecule has 0 aliphatic carbocycles. The molecule has 5 aromatic rings. The van der Waals surface area contributed by atoms with Gasteiger partial charge in [0.2, 0.25) is 5.00 Å². The lowest BCUT2D eigenvalue weighted by molar-refractivity contribution is -0.139. The highest BCUT2D eigenvalue weighted by Gasteiger charge is 2.29. The minimum atomic E-state index is -4.06. The average molecular weight is 513 g/mol. The van der Waals surface area contributed by atoms with Crippen molar-refractivity contribution in [3.05, 3.63) is 107 Å². The van der Waals surface area contributed by atoms with Crippen LogP contribution < -0.4 is 0 Å². The van der Waals surface area contributed by atoms with Gasteiger partial charge in [-0.3, -0.25) is 4.79 Å². The van der Waals surface area contributed by atoms with Gasteiger partial charge in [-0.1, -0.05) is 66.7 Å². The molecule has 3 aromatic carbocycles. The van der Waals surface area contributed by atoms with Gasteiger partial charge in [0.05, 0.1) is 36.2 Å². The summed E-state index contributed by atoms with van der Waals surface area (Å²) in [4.78, 5) is 15.4. The van der Waals surface area contributed by atoms with Gasteiger partial charge < -0.3 is 4.74 Å². The molecule has 0 spiro atoms. The molecule has 0 N–H and O–H groups in total. The van der Waals surface area contributed by atoms with Gasteiger partial charge in [0.25, 0.3) is 10.0 Å². The molecule has 2 aromatic heterocycles. The number of nitrogens with zero attached hydrogens (tertiary/aromatic N) is 2. The fourth-order valence-electron chi connectivity index (χ4n) is 4.29. The normalized spacial score (nSPS) is 11.3. The first-order chi connectivity index (χ1) is 17.5. The largest absolute Gasteiger partial charge is 0.469 e. The van der Waals surface area contributed by atoms with Crippen LogP contribution in [0.15, 0.2) is 95.2 Å². The van der Waals surface area contributed by atoms with E-state index >= 15 is 0 Å². The molecule has 8 heteroatoms. The lowest BCUT2D eigenvalue weighted by atomic mass is 10.00. The number of carbonyl (C=O) groups excluding carboxylic acids is 1. The number of hydrogen-bond donors (Lipinski definition) is 0. The Bertz CT molecular complexity index is 1730. The van der Waals surface area contributed by atoms with Crippen LogP contribution >= 0.6 is 11.3 Å². The van der Waals surface area contributed by atoms with Crippen LogP contribution in [0.4, 0.5) is 5.00 Å². The van der Waals surface area contributed by atoms with E-state index < -0.39 is 16.0 Å². The standard InChI is InChI=1S/C28H20N2O4S2/c1-29-28-23(16-17-35-28)26-22-10-6-7-11-24(22)30(27(26)20-8-4-3-5-9-20)36(32,33)21-14-12-19(13-15-21)18-25(31)34-2/h3-17H,18H2,2H3. The lowest BCUT2D eigenvalue weighted by Gasteiger charge is -2.14. The Morgan fingerprint density at radius 1 is 0.972 bits per heavy atom. The summed E-state index contributed by atoms with van der Waals surface area (Å²) in [5.41, 5.74) is 3.80. The van der Waals surface area contributed by atoms with Crippen molar-refractivity contribution >= 4 is 43.2 Å². The summed E-state index contributed by atoms with van der Waals surface area (Å²) >= 11 is 1.33. The van der Waals surface area contributed by atoms with Crippen LogP contribution in [0.5, 0.6) is 0 Å². The van der Waals surface area contributed by atoms with E-state index in [1.165, 1.54) is 34.6 Å². The molecular formula is C28H20N2O4S2. The smallest absolute Gasteiger partial charge is 0.309 e. The molecule has 0 amide bonds. The Kier molecular flexibility index (Phi) is 6.18. The third kappa shape index (κ3) is 3.98. The minimum absolute atomic E-state index is 0.0558. The van der Waals surface area contributed by atoms with E-state index in [1.807, 2.05) is 53.9 Å². The second-order valence-corrected chi connectivity index (χ2v) is 10.7. The monoisotopic (exact) mass is 512 g/mol. The topological polar surface area (TPSA) is 69.7 Å². The maximum atomic E-state index is 14.2. The maximum absolute atomic E-state index is 14.2. The van der Waals surface area contributed by atoms with Crippen molar-refractivity contribution in [3.63, 3.8) is 0 Å². The van der Waals surface area contributed by atoms with Crippen molar-refractivity contribution in [2.45, 2.75) is 11.3 Å². The van der Waals surface area contributed by atoms with E-state index in [4.69, 9.17) is 11.3 Å². The van der Waals surface area contributed by atoms with Crippen LogP contribution in [0.3, 0.4) is 0 Å². The molecule has 0 bridgehead atoms. The van der Waals surface area contributed by atoms with Crippen LogP contribution in [-0.2, 0) is 26.0 Å². The summed E-state index contributed by atoms with van der Waals surface area (Å²) < 4.78 is 34.4. The molecule has 0 unspecified atom stereocenters. The molecule has 0 fully saturated rings. The van der Waals surface area contributed by atoms with Crippen molar-refractivity contribution in [2.75, 3.05) is 7.11 Å². The molecule has 0 radical (unpaired) electrons. The summed E-state index contributed by atoms with van der Waals surface area (Å²) in [5, 5.41) is 3.09. The number of rotatable bonds is 6. The Morgan fingerprint density at radius 2 is 1.67 bits per heavy atom. The molecule has 5 rings (SSSR count). The lowest BCUT2D eigenvalue weighted by Crippen LogP contribution is -2.14. The summed E-state index contributed by atoms with van der Waals surface area (Å²) in [6.45, 7) is 7.66. The van der Waals surface area contributed by atoms with Gasteiger partial charge >= 0.3 is 5.97 Å². The van der Waals surface area contributed by atoms with Gasteiger partial charge in [-0.25, -0.2) is 17.2 Å². The van der Waals surface area contributed by atoms with E-state index in [9.17, 15) is 13.2 Å². The van der Waals surface area contributed by atoms with Crippen LogP contribution in [0.25, 0.3) is 38.1 Å². The zero-order chi connectivity index (χ0) is 25.3. The number of esters is 1.